The van der Waals surface area contributed by atoms with Crippen molar-refractivity contribution in [2.75, 3.05) is 13.7 Å². The van der Waals surface area contributed by atoms with Crippen LogP contribution in [-0.4, -0.2) is 28.9 Å². The Bertz CT molecular complexity index is 825. The highest BCUT2D eigenvalue weighted by Crippen LogP contribution is 2.31. The summed E-state index contributed by atoms with van der Waals surface area (Å²) in [4.78, 5) is 4.48. The van der Waals surface area contributed by atoms with Gasteiger partial charge in [0.15, 0.2) is 17.3 Å². The first-order valence-corrected chi connectivity index (χ1v) is 7.67. The Balaban J connectivity index is 1.89. The van der Waals surface area contributed by atoms with E-state index in [1.807, 2.05) is 38.1 Å². The molecule has 0 spiro atoms. The molecule has 0 saturated heterocycles. The molecule has 2 heterocycles. The first-order valence-electron chi connectivity index (χ1n) is 7.67. The van der Waals surface area contributed by atoms with Gasteiger partial charge in [-0.25, -0.2) is 4.98 Å². The number of nitrogens with two attached hydrogens (primary N) is 1. The molecule has 0 amide bonds. The summed E-state index contributed by atoms with van der Waals surface area (Å²) in [6, 6.07) is 6.95. The van der Waals surface area contributed by atoms with Gasteiger partial charge in [-0.1, -0.05) is 6.07 Å². The van der Waals surface area contributed by atoms with E-state index in [2.05, 4.69) is 15.2 Å². The number of aromatic nitrogens is 3. The number of aromatic amines is 1. The molecule has 1 aromatic carbocycles. The molecular weight excluding hydrogens is 308 g/mol. The van der Waals surface area contributed by atoms with Crippen LogP contribution in [0.1, 0.15) is 30.1 Å². The van der Waals surface area contributed by atoms with Crippen LogP contribution < -0.4 is 15.2 Å². The highest BCUT2D eigenvalue weighted by atomic mass is 16.5. The van der Waals surface area contributed by atoms with Gasteiger partial charge in [0.1, 0.15) is 11.6 Å². The van der Waals surface area contributed by atoms with Gasteiger partial charge >= 0.3 is 0 Å². The van der Waals surface area contributed by atoms with Crippen LogP contribution in [0.3, 0.4) is 0 Å². The number of hydrogen-bond donors (Lipinski definition) is 2. The number of benzene rings is 1. The van der Waals surface area contributed by atoms with Crippen molar-refractivity contribution in [2.24, 2.45) is 5.73 Å². The molecule has 7 nitrogen and oxygen atoms in total. The fourth-order valence-electron chi connectivity index (χ4n) is 2.46. The van der Waals surface area contributed by atoms with Crippen LogP contribution in [0.2, 0.25) is 0 Å². The van der Waals surface area contributed by atoms with Crippen molar-refractivity contribution in [2.45, 2.75) is 19.9 Å². The average molecular weight is 328 g/mol. The van der Waals surface area contributed by atoms with Gasteiger partial charge in [-0.05, 0) is 37.6 Å². The van der Waals surface area contributed by atoms with E-state index in [1.165, 1.54) is 0 Å². The first-order chi connectivity index (χ1) is 11.6. The highest BCUT2D eigenvalue weighted by Gasteiger charge is 2.18. The summed E-state index contributed by atoms with van der Waals surface area (Å²) in [7, 11) is 1.60. The Morgan fingerprint density at radius 2 is 2.12 bits per heavy atom. The van der Waals surface area contributed by atoms with E-state index >= 15 is 0 Å². The average Bonchev–Trinajstić information content (AvgIpc) is 3.23. The Labute approximate surface area is 139 Å². The second-order valence-corrected chi connectivity index (χ2v) is 5.26. The molecular formula is C17H20N4O3. The zero-order valence-corrected chi connectivity index (χ0v) is 13.9. The Morgan fingerprint density at radius 1 is 1.29 bits per heavy atom. The molecule has 0 aliphatic heterocycles. The number of aryl methyl sites for hydroxylation is 1. The quantitative estimate of drug-likeness (QED) is 0.722. The molecule has 0 bridgehead atoms. The topological polar surface area (TPSA) is 99.2 Å². The maximum absolute atomic E-state index is 6.32. The number of ether oxygens (including phenoxy) is 2. The standard InChI is InChI=1S/C17H20N4O3/c1-4-23-14-9-11(5-6-13(14)22-3)15(18)17-19-16(20-21-17)12-7-8-24-10(12)2/h5-9,15H,4,18H2,1-3H3,(H,19,20,21)/t15-/m0/s1. The van der Waals surface area contributed by atoms with E-state index in [-0.39, 0.29) is 0 Å². The van der Waals surface area contributed by atoms with Crippen LogP contribution in [0, 0.1) is 6.92 Å². The van der Waals surface area contributed by atoms with Crippen molar-refractivity contribution in [1.82, 2.24) is 15.2 Å². The minimum atomic E-state index is -0.455. The van der Waals surface area contributed by atoms with Gasteiger partial charge in [-0.2, -0.15) is 5.10 Å². The van der Waals surface area contributed by atoms with E-state index in [0.29, 0.717) is 29.8 Å². The van der Waals surface area contributed by atoms with Crippen LogP contribution in [0.15, 0.2) is 34.9 Å². The third-order valence-corrected chi connectivity index (χ3v) is 3.74. The number of hydrogen-bond acceptors (Lipinski definition) is 6. The monoisotopic (exact) mass is 328 g/mol. The Morgan fingerprint density at radius 3 is 2.79 bits per heavy atom. The van der Waals surface area contributed by atoms with Crippen molar-refractivity contribution in [3.05, 3.63) is 47.7 Å². The molecule has 3 N–H and O–H groups in total. The summed E-state index contributed by atoms with van der Waals surface area (Å²) in [6.07, 6.45) is 1.61. The predicted molar refractivity (Wildman–Crippen MR) is 89.0 cm³/mol. The summed E-state index contributed by atoms with van der Waals surface area (Å²) in [6.45, 7) is 4.33. The minimum Gasteiger partial charge on any atom is -0.493 e. The van der Waals surface area contributed by atoms with E-state index in [9.17, 15) is 0 Å². The molecule has 3 rings (SSSR count). The zero-order chi connectivity index (χ0) is 17.1. The van der Waals surface area contributed by atoms with Gasteiger partial charge in [-0.15, -0.1) is 0 Å². The molecule has 0 saturated carbocycles. The minimum absolute atomic E-state index is 0.455. The van der Waals surface area contributed by atoms with Gasteiger partial charge < -0.3 is 19.6 Å². The molecule has 1 atom stereocenters. The molecule has 0 aliphatic carbocycles. The largest absolute Gasteiger partial charge is 0.493 e. The van der Waals surface area contributed by atoms with Crippen molar-refractivity contribution >= 4 is 0 Å². The molecule has 0 fully saturated rings. The molecule has 7 heteroatoms. The molecule has 3 aromatic rings. The zero-order valence-electron chi connectivity index (χ0n) is 13.9. The fraction of sp³-hybridized carbons (Fsp3) is 0.294. The van der Waals surface area contributed by atoms with Crippen LogP contribution >= 0.6 is 0 Å². The third-order valence-electron chi connectivity index (χ3n) is 3.74. The van der Waals surface area contributed by atoms with Gasteiger partial charge in [0, 0.05) is 0 Å². The summed E-state index contributed by atoms with van der Waals surface area (Å²) in [5.41, 5.74) is 8.02. The number of H-pyrrole nitrogens is 1. The molecule has 0 radical (unpaired) electrons. The molecule has 126 valence electrons. The summed E-state index contributed by atoms with van der Waals surface area (Å²) in [5.74, 6) is 3.21. The van der Waals surface area contributed by atoms with Crippen molar-refractivity contribution in [1.29, 1.82) is 0 Å². The Kier molecular flexibility index (Phi) is 4.52. The number of methoxy groups -OCH3 is 1. The highest BCUT2D eigenvalue weighted by molar-refractivity contribution is 5.56. The Hall–Kier alpha value is -2.80. The molecule has 2 aromatic heterocycles. The molecule has 0 unspecified atom stereocenters. The normalized spacial score (nSPS) is 12.2. The predicted octanol–water partition coefficient (Wildman–Crippen LogP) is 2.83. The van der Waals surface area contributed by atoms with E-state index < -0.39 is 6.04 Å². The molecule has 24 heavy (non-hydrogen) atoms. The maximum atomic E-state index is 6.32. The number of nitrogens with one attached hydrogen (secondary N) is 1. The lowest BCUT2D eigenvalue weighted by molar-refractivity contribution is 0.310. The second kappa shape index (κ2) is 6.76. The summed E-state index contributed by atoms with van der Waals surface area (Å²) < 4.78 is 16.2. The van der Waals surface area contributed by atoms with Crippen molar-refractivity contribution in [3.63, 3.8) is 0 Å². The van der Waals surface area contributed by atoms with Gasteiger partial charge in [0.2, 0.25) is 0 Å². The van der Waals surface area contributed by atoms with Crippen LogP contribution in [0.25, 0.3) is 11.4 Å². The first kappa shape index (κ1) is 16.1. The number of nitrogens with zero attached hydrogens (tertiary/aromatic N) is 2. The summed E-state index contributed by atoms with van der Waals surface area (Å²) >= 11 is 0. The third kappa shape index (κ3) is 2.98. The van der Waals surface area contributed by atoms with Gasteiger partial charge in [0.25, 0.3) is 0 Å². The SMILES string of the molecule is CCOc1cc([C@H](N)c2nc(-c3ccoc3C)n[nH]2)ccc1OC. The van der Waals surface area contributed by atoms with Crippen LogP contribution in [0.4, 0.5) is 0 Å². The van der Waals surface area contributed by atoms with E-state index in [0.717, 1.165) is 16.9 Å². The summed E-state index contributed by atoms with van der Waals surface area (Å²) in [5, 5.41) is 7.13. The van der Waals surface area contributed by atoms with Crippen LogP contribution in [-0.2, 0) is 0 Å². The smallest absolute Gasteiger partial charge is 0.184 e. The maximum Gasteiger partial charge on any atom is 0.184 e. The van der Waals surface area contributed by atoms with Gasteiger partial charge in [0.05, 0.1) is 31.6 Å². The van der Waals surface area contributed by atoms with Crippen LogP contribution in [0.5, 0.6) is 11.5 Å². The van der Waals surface area contributed by atoms with E-state index in [1.54, 1.807) is 13.4 Å². The van der Waals surface area contributed by atoms with Crippen molar-refractivity contribution in [3.8, 4) is 22.9 Å². The lowest BCUT2D eigenvalue weighted by Gasteiger charge is -2.14. The molecule has 0 aliphatic rings. The van der Waals surface area contributed by atoms with Crippen molar-refractivity contribution < 1.29 is 13.9 Å². The van der Waals surface area contributed by atoms with Gasteiger partial charge in [-0.3, -0.25) is 5.10 Å². The number of rotatable bonds is 6. The number of furan rings is 1. The lowest BCUT2D eigenvalue weighted by Crippen LogP contribution is -2.14. The van der Waals surface area contributed by atoms with E-state index in [4.69, 9.17) is 19.6 Å². The fourth-order valence-corrected chi connectivity index (χ4v) is 2.46. The lowest BCUT2D eigenvalue weighted by atomic mass is 10.1. The second-order valence-electron chi connectivity index (χ2n) is 5.26.